The van der Waals surface area contributed by atoms with E-state index < -0.39 is 0 Å². The second-order valence-electron chi connectivity index (χ2n) is 6.94. The molecular formula is C17H27N3O2S. The summed E-state index contributed by atoms with van der Waals surface area (Å²) in [7, 11) is 1.86. The van der Waals surface area contributed by atoms with Gasteiger partial charge in [0.2, 0.25) is 0 Å². The number of rotatable bonds is 4. The number of carbonyl (C=O) groups excluding carboxylic acids is 1. The Hall–Kier alpha value is -1.14. The molecule has 1 aliphatic carbocycles. The number of likely N-dealkylation sites (N-methyl/N-ethyl adjacent to an activating group) is 1. The predicted molar refractivity (Wildman–Crippen MR) is 91.9 cm³/mol. The molecule has 0 radical (unpaired) electrons. The highest BCUT2D eigenvalue weighted by Gasteiger charge is 2.41. The molecule has 0 bridgehead atoms. The normalized spacial score (nSPS) is 23.1. The van der Waals surface area contributed by atoms with E-state index >= 15 is 0 Å². The molecule has 128 valence electrons. The molecule has 1 saturated heterocycles. The van der Waals surface area contributed by atoms with Crippen molar-refractivity contribution in [1.82, 2.24) is 15.2 Å². The summed E-state index contributed by atoms with van der Waals surface area (Å²) >= 11 is 1.66. The lowest BCUT2D eigenvalue weighted by atomic mass is 9.82. The third-order valence-corrected chi connectivity index (χ3v) is 6.16. The zero-order chi connectivity index (χ0) is 16.3. The second kappa shape index (κ2) is 7.18. The zero-order valence-electron chi connectivity index (χ0n) is 14.1. The van der Waals surface area contributed by atoms with Gasteiger partial charge in [-0.3, -0.25) is 0 Å². The Morgan fingerprint density at radius 3 is 2.96 bits per heavy atom. The lowest BCUT2D eigenvalue weighted by Crippen LogP contribution is -2.44. The molecule has 1 aromatic heterocycles. The van der Waals surface area contributed by atoms with Gasteiger partial charge in [-0.25, -0.2) is 9.78 Å². The summed E-state index contributed by atoms with van der Waals surface area (Å²) in [6.07, 6.45) is 7.98. The first-order chi connectivity index (χ1) is 11.1. The first kappa shape index (κ1) is 16.7. The van der Waals surface area contributed by atoms with Gasteiger partial charge in [0.05, 0.1) is 29.5 Å². The summed E-state index contributed by atoms with van der Waals surface area (Å²) in [5, 5.41) is 3.14. The molecule has 1 saturated carbocycles. The molecule has 3 rings (SSSR count). The Morgan fingerprint density at radius 1 is 1.48 bits per heavy atom. The van der Waals surface area contributed by atoms with Crippen molar-refractivity contribution in [1.29, 1.82) is 0 Å². The SMILES string of the molecule is Cc1ncsc1CCN(C)C(=O)N[C@@H]1COC2(CCCCC2)C1. The summed E-state index contributed by atoms with van der Waals surface area (Å²) in [6, 6.07) is 0.168. The monoisotopic (exact) mass is 337 g/mol. The summed E-state index contributed by atoms with van der Waals surface area (Å²) in [4.78, 5) is 19.6. The minimum absolute atomic E-state index is 0.00799. The maximum absolute atomic E-state index is 12.4. The molecule has 1 aromatic rings. The number of carbonyl (C=O) groups is 1. The van der Waals surface area contributed by atoms with Gasteiger partial charge < -0.3 is 15.0 Å². The van der Waals surface area contributed by atoms with Crippen molar-refractivity contribution in [2.75, 3.05) is 20.2 Å². The number of aromatic nitrogens is 1. The second-order valence-corrected chi connectivity index (χ2v) is 7.88. The highest BCUT2D eigenvalue weighted by molar-refractivity contribution is 7.09. The molecule has 2 aliphatic rings. The van der Waals surface area contributed by atoms with E-state index in [2.05, 4.69) is 10.3 Å². The van der Waals surface area contributed by atoms with Gasteiger partial charge in [0.15, 0.2) is 0 Å². The summed E-state index contributed by atoms with van der Waals surface area (Å²) in [5.74, 6) is 0. The van der Waals surface area contributed by atoms with E-state index in [0.29, 0.717) is 13.2 Å². The van der Waals surface area contributed by atoms with Crippen molar-refractivity contribution in [2.45, 2.75) is 63.5 Å². The van der Waals surface area contributed by atoms with Gasteiger partial charge >= 0.3 is 6.03 Å². The average molecular weight is 337 g/mol. The Morgan fingerprint density at radius 2 is 2.26 bits per heavy atom. The lowest BCUT2D eigenvalue weighted by molar-refractivity contribution is -0.0246. The molecule has 0 unspecified atom stereocenters. The van der Waals surface area contributed by atoms with Crippen molar-refractivity contribution in [3.05, 3.63) is 16.1 Å². The number of hydrogen-bond donors (Lipinski definition) is 1. The summed E-state index contributed by atoms with van der Waals surface area (Å²) < 4.78 is 6.07. The molecule has 0 aromatic carbocycles. The zero-order valence-corrected chi connectivity index (χ0v) is 15.0. The van der Waals surface area contributed by atoms with Gasteiger partial charge in [0.25, 0.3) is 0 Å². The third kappa shape index (κ3) is 4.04. The van der Waals surface area contributed by atoms with Crippen LogP contribution in [0.4, 0.5) is 4.79 Å². The molecule has 5 nitrogen and oxygen atoms in total. The molecule has 2 fully saturated rings. The number of urea groups is 1. The van der Waals surface area contributed by atoms with Gasteiger partial charge in [-0.2, -0.15) is 0 Å². The highest BCUT2D eigenvalue weighted by Crippen LogP contribution is 2.39. The number of hydrogen-bond acceptors (Lipinski definition) is 4. The fourth-order valence-electron chi connectivity index (χ4n) is 3.70. The van der Waals surface area contributed by atoms with Crippen LogP contribution in [-0.2, 0) is 11.2 Å². The first-order valence-electron chi connectivity index (χ1n) is 8.62. The topological polar surface area (TPSA) is 54.5 Å². The van der Waals surface area contributed by atoms with E-state index in [1.54, 1.807) is 16.2 Å². The van der Waals surface area contributed by atoms with Crippen molar-refractivity contribution >= 4 is 17.4 Å². The van der Waals surface area contributed by atoms with Crippen molar-refractivity contribution in [3.63, 3.8) is 0 Å². The van der Waals surface area contributed by atoms with Crippen LogP contribution in [0.15, 0.2) is 5.51 Å². The fraction of sp³-hybridized carbons (Fsp3) is 0.765. The molecule has 1 N–H and O–H groups in total. The van der Waals surface area contributed by atoms with Gasteiger partial charge in [0, 0.05) is 24.9 Å². The molecule has 2 amide bonds. The van der Waals surface area contributed by atoms with Crippen LogP contribution >= 0.6 is 11.3 Å². The van der Waals surface area contributed by atoms with Gasteiger partial charge in [-0.15, -0.1) is 11.3 Å². The molecule has 1 spiro atoms. The molecule has 6 heteroatoms. The number of nitrogens with one attached hydrogen (secondary N) is 1. The quantitative estimate of drug-likeness (QED) is 0.918. The van der Waals surface area contributed by atoms with Crippen molar-refractivity contribution in [2.24, 2.45) is 0 Å². The van der Waals surface area contributed by atoms with Crippen LogP contribution in [0, 0.1) is 6.92 Å². The van der Waals surface area contributed by atoms with Gasteiger partial charge in [-0.05, 0) is 26.2 Å². The maximum atomic E-state index is 12.4. The number of aryl methyl sites for hydroxylation is 1. The first-order valence-corrected chi connectivity index (χ1v) is 9.50. The van der Waals surface area contributed by atoms with E-state index in [1.807, 2.05) is 19.5 Å². The van der Waals surface area contributed by atoms with Crippen LogP contribution in [0.2, 0.25) is 0 Å². The average Bonchev–Trinajstić information content (AvgIpc) is 3.12. The van der Waals surface area contributed by atoms with E-state index in [-0.39, 0.29) is 17.7 Å². The van der Waals surface area contributed by atoms with E-state index in [0.717, 1.165) is 31.4 Å². The minimum Gasteiger partial charge on any atom is -0.373 e. The third-order valence-electron chi connectivity index (χ3n) is 5.17. The number of thiazole rings is 1. The Labute approximate surface area is 142 Å². The summed E-state index contributed by atoms with van der Waals surface area (Å²) in [6.45, 7) is 3.40. The van der Waals surface area contributed by atoms with E-state index in [1.165, 1.54) is 24.1 Å². The molecule has 1 aliphatic heterocycles. The van der Waals surface area contributed by atoms with Gasteiger partial charge in [-0.1, -0.05) is 19.3 Å². The fourth-order valence-corrected chi connectivity index (χ4v) is 4.47. The Balaban J connectivity index is 1.44. The molecule has 2 heterocycles. The van der Waals surface area contributed by atoms with Crippen molar-refractivity contribution < 1.29 is 9.53 Å². The van der Waals surface area contributed by atoms with E-state index in [4.69, 9.17) is 4.74 Å². The lowest BCUT2D eigenvalue weighted by Gasteiger charge is -2.32. The largest absolute Gasteiger partial charge is 0.373 e. The Kier molecular flexibility index (Phi) is 5.21. The van der Waals surface area contributed by atoms with Crippen LogP contribution in [0.25, 0.3) is 0 Å². The number of amides is 2. The van der Waals surface area contributed by atoms with E-state index in [9.17, 15) is 4.79 Å². The smallest absolute Gasteiger partial charge is 0.317 e. The number of ether oxygens (including phenoxy) is 1. The van der Waals surface area contributed by atoms with Gasteiger partial charge in [0.1, 0.15) is 0 Å². The van der Waals surface area contributed by atoms with Crippen LogP contribution < -0.4 is 5.32 Å². The standard InChI is InChI=1S/C17H27N3O2S/c1-13-15(23-12-18-13)6-9-20(2)16(21)19-14-10-17(22-11-14)7-4-3-5-8-17/h12,14H,3-11H2,1-2H3,(H,19,21)/t14-/m0/s1. The maximum Gasteiger partial charge on any atom is 0.317 e. The van der Waals surface area contributed by atoms with Crippen LogP contribution in [0.5, 0.6) is 0 Å². The van der Waals surface area contributed by atoms with Crippen LogP contribution in [0.3, 0.4) is 0 Å². The predicted octanol–water partition coefficient (Wildman–Crippen LogP) is 3.13. The summed E-state index contributed by atoms with van der Waals surface area (Å²) in [5.41, 5.74) is 2.99. The van der Waals surface area contributed by atoms with Crippen LogP contribution in [-0.4, -0.2) is 47.8 Å². The van der Waals surface area contributed by atoms with Crippen molar-refractivity contribution in [3.8, 4) is 0 Å². The number of nitrogens with zero attached hydrogens (tertiary/aromatic N) is 2. The van der Waals surface area contributed by atoms with Crippen LogP contribution in [0.1, 0.15) is 49.1 Å². The Bertz CT molecular complexity index is 540. The molecular weight excluding hydrogens is 310 g/mol. The minimum atomic E-state index is 0.00799. The molecule has 1 atom stereocenters. The highest BCUT2D eigenvalue weighted by atomic mass is 32.1. The molecule has 23 heavy (non-hydrogen) atoms.